The molecule has 0 N–H and O–H groups in total. The SMILES string of the molecule is Cc1ccc2c(c1)C(CCCn1c3ccccc3c3ccccc31)(CCCn1c3ccccc3c3ccccc31)c1cc(C)ccc1-2. The lowest BCUT2D eigenvalue weighted by Gasteiger charge is -2.33. The van der Waals surface area contributed by atoms with Crippen molar-refractivity contribution in [2.45, 2.75) is 58.0 Å². The molecule has 1 aliphatic rings. The zero-order valence-corrected chi connectivity index (χ0v) is 27.3. The first-order chi connectivity index (χ1) is 23.1. The molecular weight excluding hydrogens is 569 g/mol. The standard InChI is InChI=1S/C45H40N2/c1-31-21-23-33-34-24-22-32(2)30-40(34)45(39(33)29-31,25-11-27-46-41-17-7-3-13-35(41)36-14-4-8-18-42(36)46)26-12-28-47-43-19-9-5-15-37(43)38-16-6-10-20-44(38)47/h3-10,13-24,29-30H,11-12,25-28H2,1-2H3. The number of nitrogens with zero attached hydrogens (tertiary/aromatic N) is 2. The quantitative estimate of drug-likeness (QED) is 0.162. The topological polar surface area (TPSA) is 9.86 Å². The molecule has 2 heteroatoms. The van der Waals surface area contributed by atoms with Gasteiger partial charge in [-0.25, -0.2) is 0 Å². The van der Waals surface area contributed by atoms with E-state index < -0.39 is 0 Å². The van der Waals surface area contributed by atoms with Crippen molar-refractivity contribution >= 4 is 43.6 Å². The summed E-state index contributed by atoms with van der Waals surface area (Å²) in [6.07, 6.45) is 4.46. The molecule has 0 radical (unpaired) electrons. The minimum absolute atomic E-state index is 0.0276. The third kappa shape index (κ3) is 4.38. The molecule has 2 nitrogen and oxygen atoms in total. The van der Waals surface area contributed by atoms with E-state index in [-0.39, 0.29) is 5.41 Å². The summed E-state index contributed by atoms with van der Waals surface area (Å²) in [7, 11) is 0. The highest BCUT2D eigenvalue weighted by Crippen LogP contribution is 2.54. The van der Waals surface area contributed by atoms with Crippen molar-refractivity contribution in [1.29, 1.82) is 0 Å². The summed E-state index contributed by atoms with van der Waals surface area (Å²) in [6.45, 7) is 6.53. The van der Waals surface area contributed by atoms with Crippen molar-refractivity contribution in [3.8, 4) is 11.1 Å². The smallest absolute Gasteiger partial charge is 0.0491 e. The zero-order valence-electron chi connectivity index (χ0n) is 27.3. The first kappa shape index (κ1) is 28.2. The Kier molecular flexibility index (Phi) is 6.61. The second kappa shape index (κ2) is 11.0. The van der Waals surface area contributed by atoms with Gasteiger partial charge in [0.05, 0.1) is 0 Å². The molecule has 0 spiro atoms. The van der Waals surface area contributed by atoms with Gasteiger partial charge in [-0.1, -0.05) is 120 Å². The Bertz CT molecular complexity index is 2170. The summed E-state index contributed by atoms with van der Waals surface area (Å²) >= 11 is 0. The molecule has 47 heavy (non-hydrogen) atoms. The highest BCUT2D eigenvalue weighted by molar-refractivity contribution is 6.08. The minimum Gasteiger partial charge on any atom is -0.340 e. The minimum atomic E-state index is -0.0276. The second-order valence-electron chi connectivity index (χ2n) is 13.8. The van der Waals surface area contributed by atoms with Gasteiger partial charge >= 0.3 is 0 Å². The van der Waals surface area contributed by atoms with Crippen molar-refractivity contribution < 1.29 is 0 Å². The summed E-state index contributed by atoms with van der Waals surface area (Å²) in [5, 5.41) is 5.41. The normalized spacial score (nSPS) is 13.6. The highest BCUT2D eigenvalue weighted by atomic mass is 15.0. The van der Waals surface area contributed by atoms with Crippen LogP contribution in [0.5, 0.6) is 0 Å². The maximum atomic E-state index is 2.57. The monoisotopic (exact) mass is 608 g/mol. The van der Waals surface area contributed by atoms with E-state index >= 15 is 0 Å². The van der Waals surface area contributed by atoms with Crippen LogP contribution in [-0.4, -0.2) is 9.13 Å². The Balaban J connectivity index is 1.12. The molecule has 1 aliphatic carbocycles. The number of rotatable bonds is 8. The average molecular weight is 609 g/mol. The van der Waals surface area contributed by atoms with Gasteiger partial charge in [0.2, 0.25) is 0 Å². The second-order valence-corrected chi connectivity index (χ2v) is 13.8. The molecule has 0 amide bonds. The molecule has 0 atom stereocenters. The van der Waals surface area contributed by atoms with Crippen LogP contribution < -0.4 is 0 Å². The van der Waals surface area contributed by atoms with Crippen molar-refractivity contribution in [3.63, 3.8) is 0 Å². The Morgan fingerprint density at radius 2 is 0.766 bits per heavy atom. The van der Waals surface area contributed by atoms with E-state index in [0.29, 0.717) is 0 Å². The third-order valence-electron chi connectivity index (χ3n) is 11.0. The number of hydrogen-bond donors (Lipinski definition) is 0. The van der Waals surface area contributed by atoms with Gasteiger partial charge in [-0.2, -0.15) is 0 Å². The molecule has 8 aromatic rings. The fourth-order valence-corrected chi connectivity index (χ4v) is 8.95. The van der Waals surface area contributed by atoms with Crippen LogP contribution in [0.1, 0.15) is 47.9 Å². The van der Waals surface area contributed by atoms with E-state index in [1.165, 1.54) is 77.0 Å². The fraction of sp³-hybridized carbons (Fsp3) is 0.200. The van der Waals surface area contributed by atoms with Crippen LogP contribution in [0.15, 0.2) is 133 Å². The summed E-state index contributed by atoms with van der Waals surface area (Å²) in [5.41, 5.74) is 14.0. The van der Waals surface area contributed by atoms with Gasteiger partial charge in [0.25, 0.3) is 0 Å². The number of hydrogen-bond acceptors (Lipinski definition) is 0. The van der Waals surface area contributed by atoms with Gasteiger partial charge in [-0.3, -0.25) is 0 Å². The maximum Gasteiger partial charge on any atom is 0.0491 e. The Hall–Kier alpha value is -5.08. The van der Waals surface area contributed by atoms with E-state index in [4.69, 9.17) is 0 Å². The summed E-state index contributed by atoms with van der Waals surface area (Å²) in [4.78, 5) is 0. The van der Waals surface area contributed by atoms with Crippen LogP contribution in [0.2, 0.25) is 0 Å². The van der Waals surface area contributed by atoms with Crippen LogP contribution in [0.25, 0.3) is 54.7 Å². The number of aromatic nitrogens is 2. The van der Waals surface area contributed by atoms with Gasteiger partial charge in [-0.15, -0.1) is 0 Å². The summed E-state index contributed by atoms with van der Waals surface area (Å²) in [6, 6.07) is 50.1. The van der Waals surface area contributed by atoms with Crippen LogP contribution in [-0.2, 0) is 18.5 Å². The summed E-state index contributed by atoms with van der Waals surface area (Å²) in [5.74, 6) is 0. The van der Waals surface area contributed by atoms with Gasteiger partial charge in [0, 0.05) is 62.1 Å². The average Bonchev–Trinajstić information content (AvgIpc) is 3.69. The molecule has 0 bridgehead atoms. The van der Waals surface area contributed by atoms with Crippen molar-refractivity contribution in [1.82, 2.24) is 9.13 Å². The van der Waals surface area contributed by atoms with E-state index in [2.05, 4.69) is 156 Å². The lowest BCUT2D eigenvalue weighted by atomic mass is 9.71. The molecule has 0 fully saturated rings. The lowest BCUT2D eigenvalue weighted by molar-refractivity contribution is 0.397. The number of aryl methyl sites for hydroxylation is 4. The third-order valence-corrected chi connectivity index (χ3v) is 11.0. The molecule has 9 rings (SSSR count). The Morgan fingerprint density at radius 3 is 1.13 bits per heavy atom. The number of benzene rings is 6. The molecule has 0 unspecified atom stereocenters. The van der Waals surface area contributed by atoms with Crippen LogP contribution in [0.3, 0.4) is 0 Å². The predicted molar refractivity (Wildman–Crippen MR) is 199 cm³/mol. The largest absolute Gasteiger partial charge is 0.340 e. The van der Waals surface area contributed by atoms with Gasteiger partial charge < -0.3 is 9.13 Å². The first-order valence-electron chi connectivity index (χ1n) is 17.3. The van der Waals surface area contributed by atoms with E-state index in [1.807, 2.05) is 0 Å². The number of fused-ring (bicyclic) bond motifs is 9. The molecular formula is C45H40N2. The molecule has 230 valence electrons. The Labute approximate surface area is 276 Å². The zero-order chi connectivity index (χ0) is 31.5. The molecule has 6 aromatic carbocycles. The van der Waals surface area contributed by atoms with Crippen LogP contribution >= 0.6 is 0 Å². The molecule has 2 aromatic heterocycles. The van der Waals surface area contributed by atoms with Gasteiger partial charge in [-0.05, 0) is 86.1 Å². The van der Waals surface area contributed by atoms with Crippen LogP contribution in [0, 0.1) is 13.8 Å². The molecule has 0 saturated carbocycles. The van der Waals surface area contributed by atoms with Gasteiger partial charge in [0.1, 0.15) is 0 Å². The van der Waals surface area contributed by atoms with Crippen molar-refractivity contribution in [3.05, 3.63) is 156 Å². The molecule has 0 aliphatic heterocycles. The van der Waals surface area contributed by atoms with Crippen molar-refractivity contribution in [2.75, 3.05) is 0 Å². The molecule has 2 heterocycles. The van der Waals surface area contributed by atoms with E-state index in [1.54, 1.807) is 0 Å². The first-order valence-corrected chi connectivity index (χ1v) is 17.3. The fourth-order valence-electron chi connectivity index (χ4n) is 8.95. The van der Waals surface area contributed by atoms with Crippen molar-refractivity contribution in [2.24, 2.45) is 0 Å². The highest BCUT2D eigenvalue weighted by Gasteiger charge is 2.42. The Morgan fingerprint density at radius 1 is 0.426 bits per heavy atom. The van der Waals surface area contributed by atoms with Gasteiger partial charge in [0.15, 0.2) is 0 Å². The maximum absolute atomic E-state index is 2.57. The van der Waals surface area contributed by atoms with E-state index in [0.717, 1.165) is 38.8 Å². The molecule has 0 saturated heterocycles. The lowest BCUT2D eigenvalue weighted by Crippen LogP contribution is -2.27. The summed E-state index contributed by atoms with van der Waals surface area (Å²) < 4.78 is 5.14. The van der Waals surface area contributed by atoms with E-state index in [9.17, 15) is 0 Å². The predicted octanol–water partition coefficient (Wildman–Crippen LogP) is 11.7. The van der Waals surface area contributed by atoms with Crippen LogP contribution in [0.4, 0.5) is 0 Å². The number of para-hydroxylation sites is 4.